The van der Waals surface area contributed by atoms with Gasteiger partial charge in [0.05, 0.1) is 18.1 Å². The highest BCUT2D eigenvalue weighted by atomic mass is 16.6. The number of rotatable bonds is 2. The molecule has 0 saturated heterocycles. The molecule has 2 aromatic rings. The topological polar surface area (TPSA) is 52.6 Å². The van der Waals surface area contributed by atoms with Gasteiger partial charge in [0, 0.05) is 5.56 Å². The summed E-state index contributed by atoms with van der Waals surface area (Å²) in [5.74, 6) is 5.31. The summed E-state index contributed by atoms with van der Waals surface area (Å²) < 4.78 is 11.2. The zero-order valence-corrected chi connectivity index (χ0v) is 14.1. The Bertz CT molecular complexity index is 858. The molecule has 0 saturated carbocycles. The molecule has 0 fully saturated rings. The number of ketones is 1. The molecule has 1 heterocycles. The summed E-state index contributed by atoms with van der Waals surface area (Å²) in [6.07, 6.45) is -0.506. The largest absolute Gasteiger partial charge is 0.462 e. The molecular weight excluding hydrogens is 316 g/mol. The number of esters is 1. The van der Waals surface area contributed by atoms with Crippen LogP contribution in [0, 0.1) is 11.8 Å². The lowest BCUT2D eigenvalue weighted by Gasteiger charge is -2.32. The zero-order chi connectivity index (χ0) is 17.9. The molecule has 2 aromatic carbocycles. The third-order valence-electron chi connectivity index (χ3n) is 3.74. The van der Waals surface area contributed by atoms with E-state index in [1.807, 2.05) is 30.3 Å². The predicted molar refractivity (Wildman–Crippen MR) is 93.3 cm³/mol. The van der Waals surface area contributed by atoms with Crippen molar-refractivity contribution in [2.24, 2.45) is 0 Å². The third-order valence-corrected chi connectivity index (χ3v) is 3.74. The molecule has 126 valence electrons. The Morgan fingerprint density at radius 3 is 2.52 bits per heavy atom. The first-order valence-corrected chi connectivity index (χ1v) is 8.11. The van der Waals surface area contributed by atoms with Crippen molar-refractivity contribution in [1.29, 1.82) is 0 Å². The van der Waals surface area contributed by atoms with Crippen molar-refractivity contribution in [3.63, 3.8) is 0 Å². The molecular formula is C21H18O4. The molecule has 0 aromatic heterocycles. The maximum atomic E-state index is 12.7. The Balaban J connectivity index is 2.04. The number of para-hydroxylation sites is 1. The highest BCUT2D eigenvalue weighted by Gasteiger charge is 2.47. The van der Waals surface area contributed by atoms with Crippen LogP contribution in [0.3, 0.4) is 0 Å². The smallest absolute Gasteiger partial charge is 0.364 e. The first kappa shape index (κ1) is 16.8. The lowest BCUT2D eigenvalue weighted by atomic mass is 9.90. The summed E-state index contributed by atoms with van der Waals surface area (Å²) in [6, 6.07) is 16.1. The number of carbonyl (C=O) groups is 2. The third kappa shape index (κ3) is 3.56. The van der Waals surface area contributed by atoms with E-state index in [-0.39, 0.29) is 18.3 Å². The fourth-order valence-electron chi connectivity index (χ4n) is 2.57. The minimum Gasteiger partial charge on any atom is -0.462 e. The molecule has 1 aliphatic heterocycles. The van der Waals surface area contributed by atoms with Crippen LogP contribution < -0.4 is 4.74 Å². The first-order valence-electron chi connectivity index (χ1n) is 8.11. The lowest BCUT2D eigenvalue weighted by Crippen LogP contribution is -2.49. The molecule has 1 atom stereocenters. The van der Waals surface area contributed by atoms with Crippen molar-refractivity contribution in [3.05, 3.63) is 65.7 Å². The molecule has 0 bridgehead atoms. The van der Waals surface area contributed by atoms with E-state index in [1.54, 1.807) is 38.1 Å². The van der Waals surface area contributed by atoms with Gasteiger partial charge in [0.25, 0.3) is 5.60 Å². The zero-order valence-electron chi connectivity index (χ0n) is 14.1. The summed E-state index contributed by atoms with van der Waals surface area (Å²) in [6.45, 7) is 3.49. The van der Waals surface area contributed by atoms with E-state index in [1.165, 1.54) is 0 Å². The number of ether oxygens (including phenoxy) is 2. The maximum absolute atomic E-state index is 12.7. The SMILES string of the molecule is CC(C)OC(=O)[C@]1(C#Cc2ccccc2)CC(=O)c2ccccc2O1. The molecule has 3 rings (SSSR count). The summed E-state index contributed by atoms with van der Waals surface area (Å²) in [4.78, 5) is 25.3. The Morgan fingerprint density at radius 1 is 1.12 bits per heavy atom. The highest BCUT2D eigenvalue weighted by Crippen LogP contribution is 2.34. The van der Waals surface area contributed by atoms with Crippen LogP contribution in [0.4, 0.5) is 0 Å². The summed E-state index contributed by atoms with van der Waals surface area (Å²) in [5.41, 5.74) is -0.447. The molecule has 0 spiro atoms. The van der Waals surface area contributed by atoms with Crippen LogP contribution in [0.25, 0.3) is 0 Å². The van der Waals surface area contributed by atoms with E-state index in [0.717, 1.165) is 5.56 Å². The van der Waals surface area contributed by atoms with E-state index in [2.05, 4.69) is 11.8 Å². The maximum Gasteiger partial charge on any atom is 0.364 e. The predicted octanol–water partition coefficient (Wildman–Crippen LogP) is 3.39. The van der Waals surface area contributed by atoms with E-state index >= 15 is 0 Å². The fraction of sp³-hybridized carbons (Fsp3) is 0.238. The summed E-state index contributed by atoms with van der Waals surface area (Å²) in [7, 11) is 0. The minimum absolute atomic E-state index is 0.171. The molecule has 0 N–H and O–H groups in total. The number of fused-ring (bicyclic) bond motifs is 1. The van der Waals surface area contributed by atoms with E-state index in [9.17, 15) is 9.59 Å². The fourth-order valence-corrected chi connectivity index (χ4v) is 2.57. The summed E-state index contributed by atoms with van der Waals surface area (Å²) in [5, 5.41) is 0. The van der Waals surface area contributed by atoms with Crippen LogP contribution in [-0.2, 0) is 9.53 Å². The minimum atomic E-state index is -1.63. The second-order valence-electron chi connectivity index (χ2n) is 6.10. The molecule has 0 amide bonds. The van der Waals surface area contributed by atoms with Gasteiger partial charge in [0.15, 0.2) is 5.78 Å². The standard InChI is InChI=1S/C21H18O4/c1-15(2)24-20(23)21(13-12-16-8-4-3-5-9-16)14-18(22)17-10-6-7-11-19(17)25-21/h3-11,15H,14H2,1-2H3/t21-/m0/s1. The molecule has 0 unspecified atom stereocenters. The quantitative estimate of drug-likeness (QED) is 0.624. The molecule has 25 heavy (non-hydrogen) atoms. The van der Waals surface area contributed by atoms with Crippen molar-refractivity contribution in [3.8, 4) is 17.6 Å². The van der Waals surface area contributed by atoms with Gasteiger partial charge >= 0.3 is 5.97 Å². The Labute approximate surface area is 146 Å². The van der Waals surface area contributed by atoms with Gasteiger partial charge in [-0.15, -0.1) is 0 Å². The summed E-state index contributed by atoms with van der Waals surface area (Å²) >= 11 is 0. The monoisotopic (exact) mass is 334 g/mol. The van der Waals surface area contributed by atoms with E-state index in [4.69, 9.17) is 9.47 Å². The lowest BCUT2D eigenvalue weighted by molar-refractivity contribution is -0.161. The van der Waals surface area contributed by atoms with Gasteiger partial charge in [-0.05, 0) is 44.0 Å². The average Bonchev–Trinajstić information content (AvgIpc) is 2.60. The molecule has 1 aliphatic rings. The van der Waals surface area contributed by atoms with Gasteiger partial charge in [0.1, 0.15) is 5.75 Å². The van der Waals surface area contributed by atoms with Crippen molar-refractivity contribution < 1.29 is 19.1 Å². The first-order chi connectivity index (χ1) is 12.0. The van der Waals surface area contributed by atoms with Gasteiger partial charge in [-0.3, -0.25) is 4.79 Å². The number of hydrogen-bond acceptors (Lipinski definition) is 4. The van der Waals surface area contributed by atoms with Crippen LogP contribution in [-0.4, -0.2) is 23.5 Å². The number of carbonyl (C=O) groups excluding carboxylic acids is 2. The van der Waals surface area contributed by atoms with Crippen LogP contribution in [0.15, 0.2) is 54.6 Å². The molecule has 0 aliphatic carbocycles. The molecule has 4 heteroatoms. The van der Waals surface area contributed by atoms with Gasteiger partial charge in [-0.25, -0.2) is 4.79 Å². The Morgan fingerprint density at radius 2 is 1.80 bits per heavy atom. The Kier molecular flexibility index (Phi) is 4.58. The van der Waals surface area contributed by atoms with Crippen LogP contribution >= 0.6 is 0 Å². The van der Waals surface area contributed by atoms with Gasteiger partial charge in [-0.1, -0.05) is 36.3 Å². The number of Topliss-reactive ketones (excluding diaryl/α,β-unsaturated/α-hetero) is 1. The van der Waals surface area contributed by atoms with Crippen molar-refractivity contribution in [1.82, 2.24) is 0 Å². The van der Waals surface area contributed by atoms with Crippen molar-refractivity contribution in [2.45, 2.75) is 32.0 Å². The molecule has 4 nitrogen and oxygen atoms in total. The molecule has 0 radical (unpaired) electrons. The second kappa shape index (κ2) is 6.82. The Hall–Kier alpha value is -3.06. The average molecular weight is 334 g/mol. The van der Waals surface area contributed by atoms with Crippen LogP contribution in [0.1, 0.15) is 36.2 Å². The van der Waals surface area contributed by atoms with Crippen LogP contribution in [0.5, 0.6) is 5.75 Å². The highest BCUT2D eigenvalue weighted by molar-refractivity contribution is 6.05. The van der Waals surface area contributed by atoms with Gasteiger partial charge < -0.3 is 9.47 Å². The normalized spacial score (nSPS) is 18.6. The number of hydrogen-bond donors (Lipinski definition) is 0. The van der Waals surface area contributed by atoms with E-state index in [0.29, 0.717) is 11.3 Å². The van der Waals surface area contributed by atoms with Crippen LogP contribution in [0.2, 0.25) is 0 Å². The van der Waals surface area contributed by atoms with E-state index < -0.39 is 11.6 Å². The number of benzene rings is 2. The van der Waals surface area contributed by atoms with Crippen molar-refractivity contribution in [2.75, 3.05) is 0 Å². The second-order valence-corrected chi connectivity index (χ2v) is 6.10. The van der Waals surface area contributed by atoms with Gasteiger partial charge in [-0.2, -0.15) is 0 Å². The van der Waals surface area contributed by atoms with Crippen molar-refractivity contribution >= 4 is 11.8 Å². The van der Waals surface area contributed by atoms with Gasteiger partial charge in [0.2, 0.25) is 0 Å².